The van der Waals surface area contributed by atoms with E-state index in [0.717, 1.165) is 23.1 Å². The molecule has 0 fully saturated rings. The highest BCUT2D eigenvalue weighted by atomic mass is 32.2. The lowest BCUT2D eigenvalue weighted by molar-refractivity contribution is 0.0935. The van der Waals surface area contributed by atoms with E-state index >= 15 is 0 Å². The molecule has 0 saturated carbocycles. The molecule has 5 nitrogen and oxygen atoms in total. The molecule has 162 valence electrons. The Kier molecular flexibility index (Phi) is 6.81. The van der Waals surface area contributed by atoms with Gasteiger partial charge in [-0.25, -0.2) is 8.42 Å². The van der Waals surface area contributed by atoms with E-state index in [1.54, 1.807) is 24.3 Å². The summed E-state index contributed by atoms with van der Waals surface area (Å²) in [5.74, 6) is -0.303. The van der Waals surface area contributed by atoms with Crippen molar-refractivity contribution in [2.45, 2.75) is 38.1 Å². The van der Waals surface area contributed by atoms with E-state index < -0.39 is 10.0 Å². The van der Waals surface area contributed by atoms with Gasteiger partial charge in [0.15, 0.2) is 0 Å². The second kappa shape index (κ2) is 9.35. The molecule has 1 atom stereocenters. The van der Waals surface area contributed by atoms with Crippen molar-refractivity contribution in [2.24, 2.45) is 0 Å². The predicted octanol–water partition coefficient (Wildman–Crippen LogP) is 5.01. The van der Waals surface area contributed by atoms with Crippen molar-refractivity contribution in [1.82, 2.24) is 5.32 Å². The van der Waals surface area contributed by atoms with E-state index in [9.17, 15) is 13.2 Å². The fourth-order valence-electron chi connectivity index (χ4n) is 3.46. The molecule has 1 N–H and O–H groups in total. The number of hydrogen-bond acceptors (Lipinski definition) is 3. The van der Waals surface area contributed by atoms with Crippen molar-refractivity contribution >= 4 is 21.6 Å². The summed E-state index contributed by atoms with van der Waals surface area (Å²) in [4.78, 5) is 13.0. The summed E-state index contributed by atoms with van der Waals surface area (Å²) in [6, 6.07) is 21.3. The summed E-state index contributed by atoms with van der Waals surface area (Å²) in [6.07, 6.45) is 0.725. The number of aryl methyl sites for hydroxylation is 2. The maximum absolute atomic E-state index is 13.2. The van der Waals surface area contributed by atoms with Gasteiger partial charge in [-0.05, 0) is 55.7 Å². The number of carbonyl (C=O) groups excluding carboxylic acids is 1. The fourth-order valence-corrected chi connectivity index (χ4v) is 4.77. The summed E-state index contributed by atoms with van der Waals surface area (Å²) in [7, 11) is -2.29. The third-order valence-electron chi connectivity index (χ3n) is 5.40. The molecule has 31 heavy (non-hydrogen) atoms. The first-order valence-electron chi connectivity index (χ1n) is 10.3. The summed E-state index contributed by atoms with van der Waals surface area (Å²) < 4.78 is 27.6. The SMILES string of the molecule is CC[C@H](NC(=O)c1cccc(S(=O)(=O)N(C)c2ccccc2C)c1)c1ccc(C)cc1. The molecule has 0 unspecified atom stereocenters. The Hall–Kier alpha value is -3.12. The van der Waals surface area contributed by atoms with Gasteiger partial charge in [0, 0.05) is 12.6 Å². The highest BCUT2D eigenvalue weighted by Crippen LogP contribution is 2.26. The highest BCUT2D eigenvalue weighted by Gasteiger charge is 2.24. The Morgan fingerprint density at radius 1 is 0.968 bits per heavy atom. The maximum atomic E-state index is 13.2. The molecule has 3 aromatic rings. The van der Waals surface area contributed by atoms with Crippen molar-refractivity contribution < 1.29 is 13.2 Å². The molecule has 0 aliphatic heterocycles. The molecule has 1 amide bonds. The van der Waals surface area contributed by atoms with Gasteiger partial charge in [-0.15, -0.1) is 0 Å². The van der Waals surface area contributed by atoms with E-state index in [-0.39, 0.29) is 16.8 Å². The molecule has 0 aliphatic rings. The smallest absolute Gasteiger partial charge is 0.264 e. The first-order valence-corrected chi connectivity index (χ1v) is 11.7. The summed E-state index contributed by atoms with van der Waals surface area (Å²) in [5, 5.41) is 3.02. The Morgan fingerprint density at radius 2 is 1.65 bits per heavy atom. The molecular weight excluding hydrogens is 408 g/mol. The average molecular weight is 437 g/mol. The minimum absolute atomic E-state index is 0.0780. The zero-order chi connectivity index (χ0) is 22.6. The molecule has 0 heterocycles. The van der Waals surface area contributed by atoms with Crippen LogP contribution in [0.25, 0.3) is 0 Å². The number of sulfonamides is 1. The second-order valence-corrected chi connectivity index (χ2v) is 9.60. The van der Waals surface area contributed by atoms with E-state index in [1.165, 1.54) is 23.5 Å². The molecule has 0 spiro atoms. The fraction of sp³-hybridized carbons (Fsp3) is 0.240. The number of carbonyl (C=O) groups is 1. The summed E-state index contributed by atoms with van der Waals surface area (Å²) in [6.45, 7) is 5.88. The van der Waals surface area contributed by atoms with Gasteiger partial charge in [-0.1, -0.05) is 61.0 Å². The first kappa shape index (κ1) is 22.6. The maximum Gasteiger partial charge on any atom is 0.264 e. The first-order chi connectivity index (χ1) is 14.7. The number of nitrogens with zero attached hydrogens (tertiary/aromatic N) is 1. The summed E-state index contributed by atoms with van der Waals surface area (Å²) in [5.41, 5.74) is 3.93. The van der Waals surface area contributed by atoms with Gasteiger partial charge < -0.3 is 5.32 Å². The van der Waals surface area contributed by atoms with Crippen molar-refractivity contribution in [2.75, 3.05) is 11.4 Å². The number of amides is 1. The van der Waals surface area contributed by atoms with Crippen LogP contribution >= 0.6 is 0 Å². The topological polar surface area (TPSA) is 66.5 Å². The van der Waals surface area contributed by atoms with Gasteiger partial charge >= 0.3 is 0 Å². The molecule has 0 radical (unpaired) electrons. The number of hydrogen-bond donors (Lipinski definition) is 1. The lowest BCUT2D eigenvalue weighted by Crippen LogP contribution is -2.29. The van der Waals surface area contributed by atoms with Gasteiger partial charge in [0.2, 0.25) is 0 Å². The van der Waals surface area contributed by atoms with Crippen LogP contribution in [0, 0.1) is 13.8 Å². The number of rotatable bonds is 7. The zero-order valence-electron chi connectivity index (χ0n) is 18.3. The molecule has 0 saturated heterocycles. The minimum atomic E-state index is -3.81. The highest BCUT2D eigenvalue weighted by molar-refractivity contribution is 7.92. The lowest BCUT2D eigenvalue weighted by Gasteiger charge is -2.22. The molecular formula is C25H28N2O3S. The van der Waals surface area contributed by atoms with E-state index in [0.29, 0.717) is 11.3 Å². The van der Waals surface area contributed by atoms with Gasteiger partial charge in [0.05, 0.1) is 16.6 Å². The minimum Gasteiger partial charge on any atom is -0.345 e. The van der Waals surface area contributed by atoms with Crippen LogP contribution in [0.1, 0.15) is 46.4 Å². The van der Waals surface area contributed by atoms with E-state index in [1.807, 2.05) is 57.2 Å². The second-order valence-electron chi connectivity index (χ2n) is 7.63. The van der Waals surface area contributed by atoms with Crippen LogP contribution in [0.2, 0.25) is 0 Å². The number of nitrogens with one attached hydrogen (secondary N) is 1. The van der Waals surface area contributed by atoms with E-state index in [4.69, 9.17) is 0 Å². The Bertz CT molecular complexity index is 1170. The number of anilines is 1. The van der Waals surface area contributed by atoms with Crippen molar-refractivity contribution in [1.29, 1.82) is 0 Å². The van der Waals surface area contributed by atoms with Gasteiger partial charge in [-0.2, -0.15) is 0 Å². The van der Waals surface area contributed by atoms with Crippen LogP contribution in [0.5, 0.6) is 0 Å². The molecule has 3 rings (SSSR count). The van der Waals surface area contributed by atoms with E-state index in [2.05, 4.69) is 5.32 Å². The zero-order valence-corrected chi connectivity index (χ0v) is 19.1. The van der Waals surface area contributed by atoms with Gasteiger partial charge in [-0.3, -0.25) is 9.10 Å². The van der Waals surface area contributed by atoms with Crippen LogP contribution < -0.4 is 9.62 Å². The van der Waals surface area contributed by atoms with Crippen LogP contribution in [0.4, 0.5) is 5.69 Å². The van der Waals surface area contributed by atoms with Gasteiger partial charge in [0.25, 0.3) is 15.9 Å². The Labute approximate surface area is 184 Å². The summed E-state index contributed by atoms with van der Waals surface area (Å²) >= 11 is 0. The van der Waals surface area contributed by atoms with Crippen LogP contribution in [-0.4, -0.2) is 21.4 Å². The van der Waals surface area contributed by atoms with Gasteiger partial charge in [0.1, 0.15) is 0 Å². The molecule has 3 aromatic carbocycles. The standard InChI is InChI=1S/C25H28N2O3S/c1-5-23(20-15-13-18(2)14-16-20)26-25(28)21-10-8-11-22(17-21)31(29,30)27(4)24-12-7-6-9-19(24)3/h6-17,23H,5H2,1-4H3,(H,26,28)/t23-/m0/s1. The van der Waals surface area contributed by atoms with Crippen molar-refractivity contribution in [3.8, 4) is 0 Å². The third kappa shape index (κ3) is 4.97. The Balaban J connectivity index is 1.85. The van der Waals surface area contributed by atoms with Crippen LogP contribution in [0.3, 0.4) is 0 Å². The predicted molar refractivity (Wildman–Crippen MR) is 125 cm³/mol. The molecule has 6 heteroatoms. The molecule has 0 bridgehead atoms. The number of para-hydroxylation sites is 1. The molecule has 0 aliphatic carbocycles. The molecule has 0 aromatic heterocycles. The van der Waals surface area contributed by atoms with Crippen LogP contribution in [-0.2, 0) is 10.0 Å². The normalized spacial score (nSPS) is 12.3. The third-order valence-corrected chi connectivity index (χ3v) is 7.17. The Morgan fingerprint density at radius 3 is 2.29 bits per heavy atom. The van der Waals surface area contributed by atoms with Crippen LogP contribution in [0.15, 0.2) is 77.7 Å². The van der Waals surface area contributed by atoms with Crippen molar-refractivity contribution in [3.63, 3.8) is 0 Å². The number of benzene rings is 3. The lowest BCUT2D eigenvalue weighted by atomic mass is 10.0. The van der Waals surface area contributed by atoms with Crippen molar-refractivity contribution in [3.05, 3.63) is 95.1 Å². The monoisotopic (exact) mass is 436 g/mol. The average Bonchev–Trinajstić information content (AvgIpc) is 2.78. The quantitative estimate of drug-likeness (QED) is 0.566. The largest absolute Gasteiger partial charge is 0.345 e.